The van der Waals surface area contributed by atoms with Crippen LogP contribution in [0.15, 0.2) is 48.9 Å². The smallest absolute Gasteiger partial charge is 0.154 e. The standard InChI is InChI=1S/C20H21N5/c1-14-12-19-20(21-8-11-25(19)23-14)24-9-6-15(7-10-24)17-13-22-18-5-3-2-4-16(17)18/h2-5,8,11-13,15,22H,6-7,9-10H2,1H3. The van der Waals surface area contributed by atoms with E-state index in [0.29, 0.717) is 5.92 Å². The van der Waals surface area contributed by atoms with Crippen molar-refractivity contribution in [3.8, 4) is 0 Å². The third-order valence-electron chi connectivity index (χ3n) is 5.35. The summed E-state index contributed by atoms with van der Waals surface area (Å²) in [6.07, 6.45) is 8.27. The molecule has 0 radical (unpaired) electrons. The Kier molecular flexibility index (Phi) is 3.26. The van der Waals surface area contributed by atoms with Gasteiger partial charge in [0.1, 0.15) is 5.52 Å². The van der Waals surface area contributed by atoms with Crippen LogP contribution in [-0.2, 0) is 0 Å². The van der Waals surface area contributed by atoms with E-state index in [2.05, 4.69) is 56.5 Å². The van der Waals surface area contributed by atoms with Crippen molar-refractivity contribution in [2.24, 2.45) is 0 Å². The van der Waals surface area contributed by atoms with Gasteiger partial charge in [-0.1, -0.05) is 18.2 Å². The zero-order chi connectivity index (χ0) is 16.8. The molecule has 0 atom stereocenters. The van der Waals surface area contributed by atoms with E-state index >= 15 is 0 Å². The minimum Gasteiger partial charge on any atom is -0.361 e. The number of hydrogen-bond acceptors (Lipinski definition) is 3. The molecule has 1 aliphatic heterocycles. The van der Waals surface area contributed by atoms with E-state index in [1.807, 2.05) is 23.8 Å². The average Bonchev–Trinajstić information content (AvgIpc) is 3.24. The van der Waals surface area contributed by atoms with Crippen molar-refractivity contribution in [1.82, 2.24) is 19.6 Å². The summed E-state index contributed by atoms with van der Waals surface area (Å²) in [5.41, 5.74) is 4.83. The third kappa shape index (κ3) is 2.38. The summed E-state index contributed by atoms with van der Waals surface area (Å²) in [5.74, 6) is 1.67. The van der Waals surface area contributed by atoms with Gasteiger partial charge < -0.3 is 9.88 Å². The molecule has 1 aromatic carbocycles. The van der Waals surface area contributed by atoms with E-state index in [9.17, 15) is 0 Å². The van der Waals surface area contributed by atoms with Crippen molar-refractivity contribution < 1.29 is 0 Å². The first-order valence-electron chi connectivity index (χ1n) is 8.91. The van der Waals surface area contributed by atoms with Gasteiger partial charge in [-0.3, -0.25) is 0 Å². The summed E-state index contributed by atoms with van der Waals surface area (Å²) in [6, 6.07) is 10.7. The molecule has 126 valence electrons. The van der Waals surface area contributed by atoms with Crippen molar-refractivity contribution in [3.05, 3.63) is 60.2 Å². The summed E-state index contributed by atoms with van der Waals surface area (Å²) < 4.78 is 1.93. The normalized spacial score (nSPS) is 16.1. The van der Waals surface area contributed by atoms with E-state index in [0.717, 1.165) is 43.0 Å². The van der Waals surface area contributed by atoms with Crippen LogP contribution in [0.4, 0.5) is 5.82 Å². The zero-order valence-corrected chi connectivity index (χ0v) is 14.3. The highest BCUT2D eigenvalue weighted by Gasteiger charge is 2.24. The Morgan fingerprint density at radius 1 is 1.16 bits per heavy atom. The number of nitrogens with one attached hydrogen (secondary N) is 1. The molecule has 5 rings (SSSR count). The number of H-pyrrole nitrogens is 1. The zero-order valence-electron chi connectivity index (χ0n) is 14.3. The van der Waals surface area contributed by atoms with Crippen LogP contribution in [0.3, 0.4) is 0 Å². The number of anilines is 1. The topological polar surface area (TPSA) is 49.2 Å². The van der Waals surface area contributed by atoms with Gasteiger partial charge in [-0.2, -0.15) is 5.10 Å². The first kappa shape index (κ1) is 14.5. The maximum atomic E-state index is 4.64. The van der Waals surface area contributed by atoms with Crippen molar-refractivity contribution in [1.29, 1.82) is 0 Å². The quantitative estimate of drug-likeness (QED) is 0.606. The van der Waals surface area contributed by atoms with Gasteiger partial charge >= 0.3 is 0 Å². The third-order valence-corrected chi connectivity index (χ3v) is 5.35. The van der Waals surface area contributed by atoms with Crippen LogP contribution in [0.5, 0.6) is 0 Å². The summed E-state index contributed by atoms with van der Waals surface area (Å²) in [6.45, 7) is 4.09. The molecule has 0 saturated carbocycles. The molecule has 1 fully saturated rings. The second-order valence-electron chi connectivity index (χ2n) is 6.92. The van der Waals surface area contributed by atoms with E-state index in [1.165, 1.54) is 16.5 Å². The number of nitrogens with zero attached hydrogens (tertiary/aromatic N) is 4. The lowest BCUT2D eigenvalue weighted by Gasteiger charge is -2.33. The van der Waals surface area contributed by atoms with Crippen LogP contribution in [0.2, 0.25) is 0 Å². The molecule has 0 aliphatic carbocycles. The first-order chi connectivity index (χ1) is 12.3. The van der Waals surface area contributed by atoms with Gasteiger partial charge in [0.15, 0.2) is 5.82 Å². The Hall–Kier alpha value is -2.82. The van der Waals surface area contributed by atoms with E-state index < -0.39 is 0 Å². The highest BCUT2D eigenvalue weighted by Crippen LogP contribution is 2.34. The number of aromatic amines is 1. The molecule has 25 heavy (non-hydrogen) atoms. The molecule has 1 aliphatic rings. The Balaban J connectivity index is 1.41. The SMILES string of the molecule is Cc1cc2c(N3CCC(c4c[nH]c5ccccc45)CC3)nccn2n1. The van der Waals surface area contributed by atoms with Crippen LogP contribution in [-0.4, -0.2) is 32.7 Å². The number of rotatable bonds is 2. The van der Waals surface area contributed by atoms with Crippen molar-refractivity contribution in [2.75, 3.05) is 18.0 Å². The molecular formula is C20H21N5. The van der Waals surface area contributed by atoms with Crippen LogP contribution in [0.25, 0.3) is 16.4 Å². The predicted octanol–water partition coefficient (Wildman–Crippen LogP) is 3.90. The summed E-state index contributed by atoms with van der Waals surface area (Å²) >= 11 is 0. The van der Waals surface area contributed by atoms with E-state index in [-0.39, 0.29) is 0 Å². The Morgan fingerprint density at radius 2 is 2.00 bits per heavy atom. The molecular weight excluding hydrogens is 310 g/mol. The first-order valence-corrected chi connectivity index (χ1v) is 8.91. The summed E-state index contributed by atoms with van der Waals surface area (Å²) in [5, 5.41) is 5.87. The molecule has 0 spiro atoms. The van der Waals surface area contributed by atoms with Gasteiger partial charge in [-0.05, 0) is 43.4 Å². The largest absolute Gasteiger partial charge is 0.361 e. The molecule has 3 aromatic heterocycles. The van der Waals surface area contributed by atoms with Gasteiger partial charge in [0.25, 0.3) is 0 Å². The number of fused-ring (bicyclic) bond motifs is 2. The van der Waals surface area contributed by atoms with Gasteiger partial charge in [0, 0.05) is 42.6 Å². The molecule has 1 saturated heterocycles. The summed E-state index contributed by atoms with van der Waals surface area (Å²) in [4.78, 5) is 10.5. The number of aryl methyl sites for hydroxylation is 1. The Labute approximate surface area is 146 Å². The van der Waals surface area contributed by atoms with Crippen LogP contribution in [0.1, 0.15) is 30.0 Å². The number of hydrogen-bond donors (Lipinski definition) is 1. The lowest BCUT2D eigenvalue weighted by molar-refractivity contribution is 0.505. The van der Waals surface area contributed by atoms with Crippen molar-refractivity contribution in [3.63, 3.8) is 0 Å². The second-order valence-corrected chi connectivity index (χ2v) is 6.92. The predicted molar refractivity (Wildman–Crippen MR) is 100 cm³/mol. The second kappa shape index (κ2) is 5.62. The summed E-state index contributed by atoms with van der Waals surface area (Å²) in [7, 11) is 0. The van der Waals surface area contributed by atoms with Gasteiger partial charge in [0.2, 0.25) is 0 Å². The highest BCUT2D eigenvalue weighted by molar-refractivity contribution is 5.83. The molecule has 4 aromatic rings. The minimum atomic E-state index is 0.610. The van der Waals surface area contributed by atoms with Gasteiger partial charge in [-0.15, -0.1) is 0 Å². The van der Waals surface area contributed by atoms with Crippen molar-refractivity contribution >= 4 is 22.2 Å². The number of para-hydroxylation sites is 1. The molecule has 5 heteroatoms. The molecule has 0 unspecified atom stereocenters. The molecule has 5 nitrogen and oxygen atoms in total. The lowest BCUT2D eigenvalue weighted by atomic mass is 9.89. The van der Waals surface area contributed by atoms with Crippen LogP contribution >= 0.6 is 0 Å². The van der Waals surface area contributed by atoms with E-state index in [1.54, 1.807) is 0 Å². The van der Waals surface area contributed by atoms with Gasteiger partial charge in [-0.25, -0.2) is 9.50 Å². The minimum absolute atomic E-state index is 0.610. The maximum Gasteiger partial charge on any atom is 0.154 e. The average molecular weight is 331 g/mol. The fourth-order valence-electron chi connectivity index (χ4n) is 4.11. The Morgan fingerprint density at radius 3 is 2.88 bits per heavy atom. The monoisotopic (exact) mass is 331 g/mol. The molecule has 4 heterocycles. The number of benzene rings is 1. The number of piperidine rings is 1. The van der Waals surface area contributed by atoms with Crippen LogP contribution < -0.4 is 4.90 Å². The molecule has 0 amide bonds. The van der Waals surface area contributed by atoms with E-state index in [4.69, 9.17) is 0 Å². The van der Waals surface area contributed by atoms with Crippen LogP contribution in [0, 0.1) is 6.92 Å². The Bertz CT molecular complexity index is 1040. The van der Waals surface area contributed by atoms with Crippen molar-refractivity contribution in [2.45, 2.75) is 25.7 Å². The molecule has 1 N–H and O–H groups in total. The molecule has 0 bridgehead atoms. The van der Waals surface area contributed by atoms with Gasteiger partial charge in [0.05, 0.1) is 5.69 Å². The fraction of sp³-hybridized carbons (Fsp3) is 0.300. The lowest BCUT2D eigenvalue weighted by Crippen LogP contribution is -2.33. The number of aromatic nitrogens is 4. The fourth-order valence-corrected chi connectivity index (χ4v) is 4.11. The maximum absolute atomic E-state index is 4.64. The highest BCUT2D eigenvalue weighted by atomic mass is 15.3.